The van der Waals surface area contributed by atoms with E-state index in [1.807, 2.05) is 23.7 Å². The van der Waals surface area contributed by atoms with Crippen LogP contribution in [0.2, 0.25) is 0 Å². The predicted octanol–water partition coefficient (Wildman–Crippen LogP) is 0.844. The minimum absolute atomic E-state index is 0.126. The van der Waals surface area contributed by atoms with Gasteiger partial charge < -0.3 is 10.4 Å². The summed E-state index contributed by atoms with van der Waals surface area (Å²) < 4.78 is 0. The molecule has 0 saturated heterocycles. The van der Waals surface area contributed by atoms with Gasteiger partial charge in [0.25, 0.3) is 0 Å². The van der Waals surface area contributed by atoms with E-state index in [1.54, 1.807) is 12.1 Å². The van der Waals surface area contributed by atoms with Gasteiger partial charge in [-0.1, -0.05) is 35.5 Å². The van der Waals surface area contributed by atoms with Crippen molar-refractivity contribution in [3.05, 3.63) is 35.9 Å². The second-order valence-corrected chi connectivity index (χ2v) is 2.25. The number of hydrogen-bond donors (Lipinski definition) is 3. The minimum Gasteiger partial charge on any atom is -0.411 e. The highest BCUT2D eigenvalue weighted by Crippen LogP contribution is 1.99. The van der Waals surface area contributed by atoms with E-state index in [1.165, 1.54) is 0 Å². The molecule has 0 aliphatic rings. The molecule has 12 heavy (non-hydrogen) atoms. The summed E-state index contributed by atoms with van der Waals surface area (Å²) in [6.45, 7) is 0.126. The molecule has 0 fully saturated rings. The molecule has 0 saturated carbocycles. The Hall–Kier alpha value is -1.39. The van der Waals surface area contributed by atoms with Crippen molar-refractivity contribution in [3.8, 4) is 0 Å². The van der Waals surface area contributed by atoms with Crippen molar-refractivity contribution in [2.24, 2.45) is 5.16 Å². The molecule has 0 aliphatic carbocycles. The van der Waals surface area contributed by atoms with Crippen LogP contribution in [-0.4, -0.2) is 22.7 Å². The first kappa shape index (κ1) is 8.70. The molecule has 0 spiro atoms. The van der Waals surface area contributed by atoms with Crippen LogP contribution < -0.4 is 5.48 Å². The highest BCUT2D eigenvalue weighted by molar-refractivity contribution is 6.01. The van der Waals surface area contributed by atoms with Gasteiger partial charge in [-0.15, -0.1) is 0 Å². The third-order valence-electron chi connectivity index (χ3n) is 1.47. The lowest BCUT2D eigenvalue weighted by atomic mass is 10.1. The molecule has 1 rings (SSSR count). The van der Waals surface area contributed by atoms with E-state index in [0.29, 0.717) is 5.71 Å². The number of nitrogens with one attached hydrogen (secondary N) is 1. The first-order valence-corrected chi connectivity index (χ1v) is 3.52. The largest absolute Gasteiger partial charge is 0.411 e. The van der Waals surface area contributed by atoms with Crippen LogP contribution in [-0.2, 0) is 0 Å². The summed E-state index contributed by atoms with van der Waals surface area (Å²) in [5, 5.41) is 20.0. The monoisotopic (exact) mass is 166 g/mol. The Labute approximate surface area is 70.1 Å². The topological polar surface area (TPSA) is 64.9 Å². The average Bonchev–Trinajstić information content (AvgIpc) is 2.15. The van der Waals surface area contributed by atoms with E-state index in [-0.39, 0.29) is 6.54 Å². The quantitative estimate of drug-likeness (QED) is 0.354. The summed E-state index contributed by atoms with van der Waals surface area (Å²) in [6, 6.07) is 9.12. The van der Waals surface area contributed by atoms with Crippen molar-refractivity contribution >= 4 is 5.71 Å². The zero-order valence-electron chi connectivity index (χ0n) is 6.44. The molecule has 64 valence electrons. The molecule has 0 aliphatic heterocycles. The number of rotatable bonds is 3. The third-order valence-corrected chi connectivity index (χ3v) is 1.47. The normalized spacial score (nSPS) is 11.6. The molecule has 4 heteroatoms. The van der Waals surface area contributed by atoms with Gasteiger partial charge in [0.05, 0.1) is 6.54 Å². The van der Waals surface area contributed by atoms with Crippen molar-refractivity contribution in [1.29, 1.82) is 0 Å². The number of oxime groups is 1. The molecule has 0 heterocycles. The number of nitrogens with zero attached hydrogens (tertiary/aromatic N) is 1. The van der Waals surface area contributed by atoms with E-state index < -0.39 is 0 Å². The Morgan fingerprint density at radius 1 is 1.33 bits per heavy atom. The fourth-order valence-electron chi connectivity index (χ4n) is 0.901. The molecule has 3 N–H and O–H groups in total. The van der Waals surface area contributed by atoms with E-state index in [9.17, 15) is 0 Å². The van der Waals surface area contributed by atoms with E-state index in [2.05, 4.69) is 5.16 Å². The van der Waals surface area contributed by atoms with Gasteiger partial charge in [-0.2, -0.15) is 5.48 Å². The molecule has 0 aromatic heterocycles. The highest BCUT2D eigenvalue weighted by Gasteiger charge is 2.00. The lowest BCUT2D eigenvalue weighted by molar-refractivity contribution is 0.182. The van der Waals surface area contributed by atoms with Gasteiger partial charge in [-0.3, -0.25) is 0 Å². The molecule has 0 radical (unpaired) electrons. The zero-order chi connectivity index (χ0) is 8.81. The van der Waals surface area contributed by atoms with Gasteiger partial charge in [-0.05, 0) is 0 Å². The Morgan fingerprint density at radius 3 is 2.50 bits per heavy atom. The van der Waals surface area contributed by atoms with Crippen LogP contribution in [0.1, 0.15) is 5.56 Å². The maximum atomic E-state index is 8.55. The van der Waals surface area contributed by atoms with Crippen LogP contribution >= 0.6 is 0 Å². The van der Waals surface area contributed by atoms with Crippen molar-refractivity contribution in [3.63, 3.8) is 0 Å². The van der Waals surface area contributed by atoms with Crippen LogP contribution in [0.4, 0.5) is 0 Å². The molecular weight excluding hydrogens is 156 g/mol. The Morgan fingerprint density at radius 2 is 2.00 bits per heavy atom. The van der Waals surface area contributed by atoms with Crippen LogP contribution in [0.15, 0.2) is 35.5 Å². The van der Waals surface area contributed by atoms with Crippen molar-refractivity contribution < 1.29 is 10.4 Å². The van der Waals surface area contributed by atoms with E-state index in [0.717, 1.165) is 5.56 Å². The van der Waals surface area contributed by atoms with Crippen molar-refractivity contribution in [2.45, 2.75) is 0 Å². The van der Waals surface area contributed by atoms with Gasteiger partial charge in [0.15, 0.2) is 0 Å². The van der Waals surface area contributed by atoms with Gasteiger partial charge >= 0.3 is 0 Å². The SMILES string of the molecule is ON=C(CNO)c1ccccc1. The molecule has 0 bridgehead atoms. The molecule has 0 unspecified atom stereocenters. The number of hydrogen-bond acceptors (Lipinski definition) is 4. The fourth-order valence-corrected chi connectivity index (χ4v) is 0.901. The summed E-state index contributed by atoms with van der Waals surface area (Å²) in [7, 11) is 0. The van der Waals surface area contributed by atoms with E-state index >= 15 is 0 Å². The first-order chi connectivity index (χ1) is 5.88. The summed E-state index contributed by atoms with van der Waals surface area (Å²) in [4.78, 5) is 0. The van der Waals surface area contributed by atoms with Crippen molar-refractivity contribution in [2.75, 3.05) is 6.54 Å². The van der Waals surface area contributed by atoms with Gasteiger partial charge in [0.1, 0.15) is 5.71 Å². The summed E-state index contributed by atoms with van der Waals surface area (Å²) >= 11 is 0. The van der Waals surface area contributed by atoms with Gasteiger partial charge in [-0.25, -0.2) is 0 Å². The smallest absolute Gasteiger partial charge is 0.103 e. The Bertz CT molecular complexity index is 259. The molecule has 0 atom stereocenters. The van der Waals surface area contributed by atoms with Crippen LogP contribution in [0, 0.1) is 0 Å². The Balaban J connectivity index is 2.82. The molecule has 1 aromatic carbocycles. The number of benzene rings is 1. The summed E-state index contributed by atoms with van der Waals surface area (Å²) in [6.07, 6.45) is 0. The second-order valence-electron chi connectivity index (χ2n) is 2.25. The lowest BCUT2D eigenvalue weighted by Gasteiger charge is -2.01. The standard InChI is InChI=1S/C8H10N2O2/c11-9-6-8(10-12)7-4-2-1-3-5-7/h1-5,9,11-12H,6H2. The summed E-state index contributed by atoms with van der Waals surface area (Å²) in [5.41, 5.74) is 3.11. The second kappa shape index (κ2) is 4.48. The van der Waals surface area contributed by atoms with Crippen molar-refractivity contribution in [1.82, 2.24) is 5.48 Å². The van der Waals surface area contributed by atoms with Crippen LogP contribution in [0.25, 0.3) is 0 Å². The zero-order valence-corrected chi connectivity index (χ0v) is 6.44. The Kier molecular flexibility index (Phi) is 3.25. The van der Waals surface area contributed by atoms with Gasteiger partial charge in [0.2, 0.25) is 0 Å². The average molecular weight is 166 g/mol. The third kappa shape index (κ3) is 2.05. The molecular formula is C8H10N2O2. The fraction of sp³-hybridized carbons (Fsp3) is 0.125. The molecule has 0 amide bonds. The van der Waals surface area contributed by atoms with Gasteiger partial charge in [0, 0.05) is 5.56 Å². The highest BCUT2D eigenvalue weighted by atomic mass is 16.5. The summed E-state index contributed by atoms with van der Waals surface area (Å²) in [5.74, 6) is 0. The molecule has 1 aromatic rings. The van der Waals surface area contributed by atoms with Crippen LogP contribution in [0.3, 0.4) is 0 Å². The van der Waals surface area contributed by atoms with Crippen LogP contribution in [0.5, 0.6) is 0 Å². The number of hydroxylamine groups is 1. The maximum Gasteiger partial charge on any atom is 0.103 e. The first-order valence-electron chi connectivity index (χ1n) is 3.52. The maximum absolute atomic E-state index is 8.55. The molecule has 4 nitrogen and oxygen atoms in total. The minimum atomic E-state index is 0.126. The lowest BCUT2D eigenvalue weighted by Crippen LogP contribution is -2.20. The van der Waals surface area contributed by atoms with E-state index in [4.69, 9.17) is 10.4 Å². The predicted molar refractivity (Wildman–Crippen MR) is 44.6 cm³/mol.